The maximum absolute atomic E-state index is 11.4. The van der Waals surface area contributed by atoms with Crippen LogP contribution in [-0.2, 0) is 4.79 Å². The third kappa shape index (κ3) is 2.25. The fourth-order valence-electron chi connectivity index (χ4n) is 2.08. The van der Waals surface area contributed by atoms with Crippen LogP contribution < -0.4 is 0 Å². The monoisotopic (exact) mass is 197 g/mol. The quantitative estimate of drug-likeness (QED) is 0.614. The molecule has 4 nitrogen and oxygen atoms in total. The molecule has 0 N–H and O–H groups in total. The second-order valence-electron chi connectivity index (χ2n) is 4.32. The second kappa shape index (κ2) is 4.28. The fraction of sp³-hybridized carbons (Fsp3) is 0.900. The van der Waals surface area contributed by atoms with Gasteiger partial charge in [-0.2, -0.15) is 0 Å². The maximum atomic E-state index is 11.4. The van der Waals surface area contributed by atoms with Gasteiger partial charge in [0.25, 0.3) is 0 Å². The zero-order chi connectivity index (χ0) is 9.97. The van der Waals surface area contributed by atoms with Crippen molar-refractivity contribution in [3.05, 3.63) is 0 Å². The summed E-state index contributed by atoms with van der Waals surface area (Å²) in [5.74, 6) is 0.337. The average molecular weight is 197 g/mol. The van der Waals surface area contributed by atoms with Gasteiger partial charge in [-0.05, 0) is 13.5 Å². The molecule has 14 heavy (non-hydrogen) atoms. The number of likely N-dealkylation sites (tertiary alicyclic amines) is 1. The third-order valence-corrected chi connectivity index (χ3v) is 3.14. The van der Waals surface area contributed by atoms with Crippen LogP contribution in [0.3, 0.4) is 0 Å². The average Bonchev–Trinajstić information content (AvgIpc) is 2.56. The van der Waals surface area contributed by atoms with Gasteiger partial charge in [0.15, 0.2) is 0 Å². The molecule has 0 bridgehead atoms. The molecule has 4 heteroatoms. The summed E-state index contributed by atoms with van der Waals surface area (Å²) >= 11 is 0. The van der Waals surface area contributed by atoms with Crippen molar-refractivity contribution in [2.45, 2.75) is 12.8 Å². The summed E-state index contributed by atoms with van der Waals surface area (Å²) in [6.45, 7) is 6.27. The van der Waals surface area contributed by atoms with Gasteiger partial charge in [-0.25, -0.2) is 0 Å². The summed E-state index contributed by atoms with van der Waals surface area (Å²) < 4.78 is 0. The second-order valence-corrected chi connectivity index (χ2v) is 4.32. The molecule has 2 heterocycles. The predicted octanol–water partition coefficient (Wildman–Crippen LogP) is -0.186. The Morgan fingerprint density at radius 2 is 1.86 bits per heavy atom. The lowest BCUT2D eigenvalue weighted by Crippen LogP contribution is -2.49. The number of rotatable bonds is 2. The van der Waals surface area contributed by atoms with E-state index in [4.69, 9.17) is 0 Å². The molecule has 0 unspecified atom stereocenters. The molecule has 0 aromatic rings. The molecule has 0 aromatic carbocycles. The molecule has 2 rings (SSSR count). The number of amides is 1. The standard InChI is InChI=1S/C10H19N3O/c1-11-5-7-12(8-6-11)9-13-4-2-3-10(13)14/h2-9H2,1H3. The maximum Gasteiger partial charge on any atom is 0.223 e. The molecule has 0 spiro atoms. The largest absolute Gasteiger partial charge is 0.330 e. The first-order valence-electron chi connectivity index (χ1n) is 5.44. The van der Waals surface area contributed by atoms with Crippen LogP contribution in [0.15, 0.2) is 0 Å². The molecule has 0 atom stereocenters. The van der Waals surface area contributed by atoms with Gasteiger partial charge in [0.1, 0.15) is 0 Å². The van der Waals surface area contributed by atoms with E-state index in [1.54, 1.807) is 0 Å². The Hall–Kier alpha value is -0.610. The van der Waals surface area contributed by atoms with Crippen molar-refractivity contribution in [1.82, 2.24) is 14.7 Å². The minimum Gasteiger partial charge on any atom is -0.330 e. The molecular weight excluding hydrogens is 178 g/mol. The van der Waals surface area contributed by atoms with Crippen LogP contribution in [0.25, 0.3) is 0 Å². The first-order valence-corrected chi connectivity index (χ1v) is 5.44. The lowest BCUT2D eigenvalue weighted by atomic mass is 10.3. The van der Waals surface area contributed by atoms with Gasteiger partial charge in [0.05, 0.1) is 6.67 Å². The molecule has 2 aliphatic heterocycles. The van der Waals surface area contributed by atoms with Crippen LogP contribution in [0.4, 0.5) is 0 Å². The lowest BCUT2D eigenvalue weighted by molar-refractivity contribution is -0.129. The summed E-state index contributed by atoms with van der Waals surface area (Å²) in [6, 6.07) is 0. The van der Waals surface area contributed by atoms with Crippen molar-refractivity contribution in [2.75, 3.05) is 46.4 Å². The number of piperazine rings is 1. The van der Waals surface area contributed by atoms with E-state index in [2.05, 4.69) is 16.8 Å². The lowest BCUT2D eigenvalue weighted by Gasteiger charge is -2.34. The van der Waals surface area contributed by atoms with Crippen LogP contribution in [0.2, 0.25) is 0 Å². The van der Waals surface area contributed by atoms with Crippen molar-refractivity contribution in [1.29, 1.82) is 0 Å². The number of hydrogen-bond acceptors (Lipinski definition) is 3. The van der Waals surface area contributed by atoms with Gasteiger partial charge in [-0.1, -0.05) is 0 Å². The molecule has 2 saturated heterocycles. The Labute approximate surface area is 85.5 Å². The van der Waals surface area contributed by atoms with Gasteiger partial charge in [-0.15, -0.1) is 0 Å². The molecule has 2 aliphatic rings. The van der Waals surface area contributed by atoms with E-state index in [-0.39, 0.29) is 0 Å². The SMILES string of the molecule is CN1CCN(CN2CCCC2=O)CC1. The highest BCUT2D eigenvalue weighted by Gasteiger charge is 2.23. The summed E-state index contributed by atoms with van der Waals surface area (Å²) in [6.07, 6.45) is 1.81. The molecule has 0 aliphatic carbocycles. The minimum absolute atomic E-state index is 0.337. The molecule has 0 radical (unpaired) electrons. The third-order valence-electron chi connectivity index (χ3n) is 3.14. The van der Waals surface area contributed by atoms with Crippen molar-refractivity contribution in [3.63, 3.8) is 0 Å². The summed E-state index contributed by atoms with van der Waals surface area (Å²) in [7, 11) is 2.15. The fourth-order valence-corrected chi connectivity index (χ4v) is 2.08. The van der Waals surface area contributed by atoms with E-state index in [1.807, 2.05) is 4.90 Å². The van der Waals surface area contributed by atoms with Crippen LogP contribution in [0.1, 0.15) is 12.8 Å². The van der Waals surface area contributed by atoms with Crippen LogP contribution in [-0.4, -0.2) is 67.0 Å². The molecule has 0 saturated carbocycles. The van der Waals surface area contributed by atoms with Gasteiger partial charge >= 0.3 is 0 Å². The molecule has 1 amide bonds. The summed E-state index contributed by atoms with van der Waals surface area (Å²) in [5.41, 5.74) is 0. The Kier molecular flexibility index (Phi) is 3.03. The Morgan fingerprint density at radius 3 is 2.43 bits per heavy atom. The number of carbonyl (C=O) groups is 1. The van der Waals surface area contributed by atoms with Crippen molar-refractivity contribution >= 4 is 5.91 Å². The first-order chi connectivity index (χ1) is 6.75. The number of hydrogen-bond donors (Lipinski definition) is 0. The van der Waals surface area contributed by atoms with Gasteiger partial charge in [-0.3, -0.25) is 9.69 Å². The number of likely N-dealkylation sites (N-methyl/N-ethyl adjacent to an activating group) is 1. The smallest absolute Gasteiger partial charge is 0.223 e. The highest BCUT2D eigenvalue weighted by Crippen LogP contribution is 2.11. The summed E-state index contributed by atoms with van der Waals surface area (Å²) in [5, 5.41) is 0. The van der Waals surface area contributed by atoms with Crippen molar-refractivity contribution in [2.24, 2.45) is 0 Å². The Bertz CT molecular complexity index is 211. The zero-order valence-corrected chi connectivity index (χ0v) is 8.91. The van der Waals surface area contributed by atoms with E-state index in [0.29, 0.717) is 5.91 Å². The van der Waals surface area contributed by atoms with Crippen LogP contribution in [0, 0.1) is 0 Å². The molecular formula is C10H19N3O. The summed E-state index contributed by atoms with van der Waals surface area (Å²) in [4.78, 5) is 18.1. The van der Waals surface area contributed by atoms with E-state index in [9.17, 15) is 4.79 Å². The molecule has 80 valence electrons. The van der Waals surface area contributed by atoms with Crippen molar-refractivity contribution < 1.29 is 4.79 Å². The Balaban J connectivity index is 1.77. The highest BCUT2D eigenvalue weighted by atomic mass is 16.2. The van der Waals surface area contributed by atoms with Crippen LogP contribution in [0.5, 0.6) is 0 Å². The zero-order valence-electron chi connectivity index (χ0n) is 8.91. The van der Waals surface area contributed by atoms with E-state index < -0.39 is 0 Å². The van der Waals surface area contributed by atoms with Gasteiger partial charge in [0, 0.05) is 39.1 Å². The van der Waals surface area contributed by atoms with Crippen LogP contribution >= 0.6 is 0 Å². The molecule has 0 aromatic heterocycles. The van der Waals surface area contributed by atoms with E-state index in [1.165, 1.54) is 0 Å². The molecule has 2 fully saturated rings. The predicted molar refractivity (Wildman–Crippen MR) is 54.9 cm³/mol. The number of nitrogens with zero attached hydrogens (tertiary/aromatic N) is 3. The normalized spacial score (nSPS) is 26.1. The topological polar surface area (TPSA) is 26.8 Å². The van der Waals surface area contributed by atoms with Crippen molar-refractivity contribution in [3.8, 4) is 0 Å². The highest BCUT2D eigenvalue weighted by molar-refractivity contribution is 5.77. The van der Waals surface area contributed by atoms with Gasteiger partial charge < -0.3 is 9.80 Å². The van der Waals surface area contributed by atoms with E-state index >= 15 is 0 Å². The Morgan fingerprint density at radius 1 is 1.14 bits per heavy atom. The number of carbonyl (C=O) groups excluding carboxylic acids is 1. The first kappa shape index (κ1) is 9.93. The van der Waals surface area contributed by atoms with E-state index in [0.717, 1.165) is 52.2 Å². The van der Waals surface area contributed by atoms with Gasteiger partial charge in [0.2, 0.25) is 5.91 Å². The minimum atomic E-state index is 0.337.